The Morgan fingerprint density at radius 1 is 1.25 bits per heavy atom. The molecule has 0 radical (unpaired) electrons. The van der Waals surface area contributed by atoms with Crippen LogP contribution in [-0.2, 0) is 22.6 Å². The first-order valence-electron chi connectivity index (χ1n) is 8.62. The number of nitrogens with one attached hydrogen (secondary N) is 1. The van der Waals surface area contributed by atoms with Gasteiger partial charge in [-0.2, -0.15) is 0 Å². The first-order valence-corrected chi connectivity index (χ1v) is 8.62. The van der Waals surface area contributed by atoms with Crippen LogP contribution in [0, 0.1) is 5.41 Å². The monoisotopic (exact) mass is 332 g/mol. The van der Waals surface area contributed by atoms with Crippen LogP contribution in [-0.4, -0.2) is 36.4 Å². The molecule has 5 heteroatoms. The third-order valence-corrected chi connectivity index (χ3v) is 4.16. The van der Waals surface area contributed by atoms with Crippen molar-refractivity contribution in [2.45, 2.75) is 47.1 Å². The number of ether oxygens (including phenoxy) is 1. The predicted molar refractivity (Wildman–Crippen MR) is 93.8 cm³/mol. The van der Waals surface area contributed by atoms with Crippen LogP contribution in [0.1, 0.15) is 45.2 Å². The minimum Gasteiger partial charge on any atom is -0.494 e. The van der Waals surface area contributed by atoms with E-state index in [4.69, 9.17) is 4.74 Å². The summed E-state index contributed by atoms with van der Waals surface area (Å²) < 4.78 is 5.54. The van der Waals surface area contributed by atoms with Crippen molar-refractivity contribution >= 4 is 11.8 Å². The number of fused-ring (bicyclic) bond motifs is 1. The highest BCUT2D eigenvalue weighted by atomic mass is 16.5. The van der Waals surface area contributed by atoms with E-state index in [1.54, 1.807) is 0 Å². The first-order chi connectivity index (χ1) is 11.3. The lowest BCUT2D eigenvalue weighted by Gasteiger charge is -2.29. The van der Waals surface area contributed by atoms with E-state index in [0.717, 1.165) is 24.3 Å². The third-order valence-electron chi connectivity index (χ3n) is 4.16. The van der Waals surface area contributed by atoms with E-state index in [1.807, 2.05) is 44.7 Å². The summed E-state index contributed by atoms with van der Waals surface area (Å²) in [7, 11) is 0. The van der Waals surface area contributed by atoms with E-state index < -0.39 is 5.41 Å². The quantitative estimate of drug-likeness (QED) is 0.901. The summed E-state index contributed by atoms with van der Waals surface area (Å²) in [6.07, 6.45) is 1.20. The molecule has 5 nitrogen and oxygen atoms in total. The molecular weight excluding hydrogens is 304 g/mol. The average Bonchev–Trinajstić information content (AvgIpc) is 2.53. The van der Waals surface area contributed by atoms with Gasteiger partial charge in [-0.1, -0.05) is 26.8 Å². The molecule has 2 rings (SSSR count). The number of nitrogens with zero attached hydrogens (tertiary/aromatic N) is 1. The maximum absolute atomic E-state index is 12.4. The van der Waals surface area contributed by atoms with E-state index in [9.17, 15) is 9.59 Å². The largest absolute Gasteiger partial charge is 0.494 e. The standard InChI is InChI=1S/C19H28N2O3/c1-5-24-16-7-6-14-9-11-21(13-15(14)12-16)17(22)8-10-20-18(23)19(2,3)4/h6-7,12H,5,8-11,13H2,1-4H3,(H,20,23). The Labute approximate surface area is 144 Å². The molecule has 132 valence electrons. The molecule has 1 aromatic carbocycles. The van der Waals surface area contributed by atoms with Crippen LogP contribution in [0.2, 0.25) is 0 Å². The Morgan fingerprint density at radius 3 is 2.67 bits per heavy atom. The van der Waals surface area contributed by atoms with E-state index in [2.05, 4.69) is 11.4 Å². The summed E-state index contributed by atoms with van der Waals surface area (Å²) in [6, 6.07) is 6.10. The van der Waals surface area contributed by atoms with Crippen LogP contribution in [0.15, 0.2) is 18.2 Å². The molecule has 1 N–H and O–H groups in total. The summed E-state index contributed by atoms with van der Waals surface area (Å²) in [6.45, 7) is 9.91. The zero-order valence-electron chi connectivity index (χ0n) is 15.1. The van der Waals surface area contributed by atoms with Gasteiger partial charge in [-0.15, -0.1) is 0 Å². The van der Waals surface area contributed by atoms with Gasteiger partial charge < -0.3 is 15.0 Å². The molecule has 0 saturated carbocycles. The normalized spacial score (nSPS) is 14.1. The van der Waals surface area contributed by atoms with Gasteiger partial charge in [0, 0.05) is 31.5 Å². The van der Waals surface area contributed by atoms with Gasteiger partial charge in [0.2, 0.25) is 11.8 Å². The lowest BCUT2D eigenvalue weighted by Crippen LogP contribution is -2.40. The summed E-state index contributed by atoms with van der Waals surface area (Å²) >= 11 is 0. The Hall–Kier alpha value is -2.04. The van der Waals surface area contributed by atoms with Crippen LogP contribution in [0.3, 0.4) is 0 Å². The van der Waals surface area contributed by atoms with E-state index in [0.29, 0.717) is 26.1 Å². The number of rotatable bonds is 5. The van der Waals surface area contributed by atoms with Crippen molar-refractivity contribution < 1.29 is 14.3 Å². The Morgan fingerprint density at radius 2 is 2.00 bits per heavy atom. The molecule has 0 saturated heterocycles. The molecule has 24 heavy (non-hydrogen) atoms. The van der Waals surface area contributed by atoms with Gasteiger partial charge >= 0.3 is 0 Å². The van der Waals surface area contributed by atoms with E-state index in [1.165, 1.54) is 5.56 Å². The molecule has 1 heterocycles. The maximum atomic E-state index is 12.4. The van der Waals surface area contributed by atoms with Crippen molar-refractivity contribution in [1.82, 2.24) is 10.2 Å². The molecular formula is C19H28N2O3. The first kappa shape index (κ1) is 18.3. The van der Waals surface area contributed by atoms with Crippen molar-refractivity contribution in [3.63, 3.8) is 0 Å². The Kier molecular flexibility index (Phi) is 5.86. The fourth-order valence-electron chi connectivity index (χ4n) is 2.71. The summed E-state index contributed by atoms with van der Waals surface area (Å²) in [5.74, 6) is 0.903. The molecule has 0 fully saturated rings. The second-order valence-electron chi connectivity index (χ2n) is 7.18. The number of hydrogen-bond acceptors (Lipinski definition) is 3. The number of hydrogen-bond donors (Lipinski definition) is 1. The van der Waals surface area contributed by atoms with Crippen molar-refractivity contribution in [2.24, 2.45) is 5.41 Å². The topological polar surface area (TPSA) is 58.6 Å². The van der Waals surface area contributed by atoms with Gasteiger partial charge in [0.05, 0.1) is 6.61 Å². The molecule has 1 aromatic rings. The second kappa shape index (κ2) is 7.69. The van der Waals surface area contributed by atoms with Crippen LogP contribution in [0.4, 0.5) is 0 Å². The lowest BCUT2D eigenvalue weighted by molar-refractivity contribution is -0.132. The molecule has 2 amide bonds. The van der Waals surface area contributed by atoms with Gasteiger partial charge in [0.15, 0.2) is 0 Å². The van der Waals surface area contributed by atoms with Crippen molar-refractivity contribution in [1.29, 1.82) is 0 Å². The summed E-state index contributed by atoms with van der Waals surface area (Å²) in [5.41, 5.74) is 2.01. The molecule has 1 aliphatic heterocycles. The van der Waals surface area contributed by atoms with Gasteiger partial charge in [-0.05, 0) is 36.6 Å². The average molecular weight is 332 g/mol. The van der Waals surface area contributed by atoms with Crippen LogP contribution < -0.4 is 10.1 Å². The minimum absolute atomic E-state index is 0.0272. The molecule has 0 atom stereocenters. The van der Waals surface area contributed by atoms with Crippen molar-refractivity contribution in [2.75, 3.05) is 19.7 Å². The number of carbonyl (C=O) groups is 2. The number of benzene rings is 1. The van der Waals surface area contributed by atoms with Gasteiger partial charge in [-0.3, -0.25) is 9.59 Å². The Balaban J connectivity index is 1.88. The molecule has 0 bridgehead atoms. The number of amides is 2. The fourth-order valence-corrected chi connectivity index (χ4v) is 2.71. The predicted octanol–water partition coefficient (Wildman–Crippen LogP) is 2.52. The zero-order chi connectivity index (χ0) is 17.7. The molecule has 0 aromatic heterocycles. The molecule has 0 spiro atoms. The summed E-state index contributed by atoms with van der Waals surface area (Å²) in [5, 5.41) is 2.83. The van der Waals surface area contributed by atoms with Gasteiger partial charge in [-0.25, -0.2) is 0 Å². The zero-order valence-corrected chi connectivity index (χ0v) is 15.1. The van der Waals surface area contributed by atoms with Crippen LogP contribution in [0.25, 0.3) is 0 Å². The van der Waals surface area contributed by atoms with E-state index in [-0.39, 0.29) is 11.8 Å². The molecule has 1 aliphatic rings. The smallest absolute Gasteiger partial charge is 0.225 e. The number of carbonyl (C=O) groups excluding carboxylic acids is 2. The maximum Gasteiger partial charge on any atom is 0.225 e. The highest BCUT2D eigenvalue weighted by Crippen LogP contribution is 2.24. The molecule has 0 aliphatic carbocycles. The van der Waals surface area contributed by atoms with Gasteiger partial charge in [0.25, 0.3) is 0 Å². The minimum atomic E-state index is -0.428. The summed E-state index contributed by atoms with van der Waals surface area (Å²) in [4.78, 5) is 26.1. The highest BCUT2D eigenvalue weighted by Gasteiger charge is 2.23. The Bertz CT molecular complexity index is 605. The second-order valence-corrected chi connectivity index (χ2v) is 7.18. The van der Waals surface area contributed by atoms with E-state index >= 15 is 0 Å². The SMILES string of the molecule is CCOc1ccc2c(c1)CN(C(=O)CCNC(=O)C(C)(C)C)CC2. The fraction of sp³-hybridized carbons (Fsp3) is 0.579. The third kappa shape index (κ3) is 4.73. The van der Waals surface area contributed by atoms with Crippen LogP contribution >= 0.6 is 0 Å². The molecule has 0 unspecified atom stereocenters. The lowest BCUT2D eigenvalue weighted by atomic mass is 9.96. The van der Waals surface area contributed by atoms with Gasteiger partial charge in [0.1, 0.15) is 5.75 Å². The highest BCUT2D eigenvalue weighted by molar-refractivity contribution is 5.82. The van der Waals surface area contributed by atoms with Crippen molar-refractivity contribution in [3.05, 3.63) is 29.3 Å². The van der Waals surface area contributed by atoms with Crippen LogP contribution in [0.5, 0.6) is 5.75 Å². The van der Waals surface area contributed by atoms with Crippen molar-refractivity contribution in [3.8, 4) is 5.75 Å².